The van der Waals surface area contributed by atoms with Crippen LogP contribution in [0, 0.1) is 5.92 Å². The second-order valence-corrected chi connectivity index (χ2v) is 4.80. The third kappa shape index (κ3) is 2.86. The molecule has 92 valence electrons. The van der Waals surface area contributed by atoms with Crippen molar-refractivity contribution in [3.63, 3.8) is 0 Å². The normalized spacial score (nSPS) is 17.3. The Kier molecular flexibility index (Phi) is 3.79. The lowest BCUT2D eigenvalue weighted by atomic mass is 9.84. The molecule has 1 fully saturated rings. The molecule has 1 aliphatic carbocycles. The van der Waals surface area contributed by atoms with E-state index in [2.05, 4.69) is 5.32 Å². The van der Waals surface area contributed by atoms with Crippen molar-refractivity contribution in [1.29, 1.82) is 0 Å². The zero-order valence-corrected chi connectivity index (χ0v) is 10.3. The number of hydrogen-bond acceptors (Lipinski definition) is 2. The van der Waals surface area contributed by atoms with E-state index in [1.807, 2.05) is 31.2 Å². The summed E-state index contributed by atoms with van der Waals surface area (Å²) in [5, 5.41) is 3.07. The zero-order valence-electron chi connectivity index (χ0n) is 10.3. The monoisotopic (exact) mass is 232 g/mol. The standard InChI is InChI=1S/C14H20N2O/c1-10(16-14(17)13-3-2-4-13)12-7-5-11(9-15)6-8-12/h5-8,10,13H,2-4,9,15H2,1H3,(H,16,17). The summed E-state index contributed by atoms with van der Waals surface area (Å²) in [5.74, 6) is 0.451. The van der Waals surface area contributed by atoms with Crippen LogP contribution in [0.5, 0.6) is 0 Å². The van der Waals surface area contributed by atoms with Crippen molar-refractivity contribution < 1.29 is 4.79 Å². The summed E-state index contributed by atoms with van der Waals surface area (Å²) in [5.41, 5.74) is 7.80. The van der Waals surface area contributed by atoms with Crippen LogP contribution >= 0.6 is 0 Å². The first-order valence-corrected chi connectivity index (χ1v) is 6.30. The van der Waals surface area contributed by atoms with Crippen LogP contribution in [0.15, 0.2) is 24.3 Å². The minimum Gasteiger partial charge on any atom is -0.349 e. The Morgan fingerprint density at radius 3 is 2.53 bits per heavy atom. The largest absolute Gasteiger partial charge is 0.349 e. The Morgan fingerprint density at radius 1 is 1.41 bits per heavy atom. The van der Waals surface area contributed by atoms with Crippen molar-refractivity contribution in [2.75, 3.05) is 0 Å². The lowest BCUT2D eigenvalue weighted by molar-refractivity contribution is -0.128. The Hall–Kier alpha value is -1.35. The van der Waals surface area contributed by atoms with Crippen molar-refractivity contribution in [3.8, 4) is 0 Å². The number of carbonyl (C=O) groups excluding carboxylic acids is 1. The maximum atomic E-state index is 11.8. The van der Waals surface area contributed by atoms with Gasteiger partial charge in [-0.05, 0) is 30.9 Å². The summed E-state index contributed by atoms with van der Waals surface area (Å²) in [6.07, 6.45) is 3.28. The molecule has 1 aromatic rings. The summed E-state index contributed by atoms with van der Waals surface area (Å²) in [7, 11) is 0. The van der Waals surface area contributed by atoms with Gasteiger partial charge in [-0.25, -0.2) is 0 Å². The Morgan fingerprint density at radius 2 is 2.06 bits per heavy atom. The molecule has 0 bridgehead atoms. The number of hydrogen-bond donors (Lipinski definition) is 2. The highest BCUT2D eigenvalue weighted by Crippen LogP contribution is 2.27. The van der Waals surface area contributed by atoms with Gasteiger partial charge in [0.2, 0.25) is 5.91 Å². The van der Waals surface area contributed by atoms with Gasteiger partial charge in [0.05, 0.1) is 6.04 Å². The van der Waals surface area contributed by atoms with Crippen LogP contribution in [-0.4, -0.2) is 5.91 Å². The molecular formula is C14H20N2O. The van der Waals surface area contributed by atoms with Crippen molar-refractivity contribution in [3.05, 3.63) is 35.4 Å². The first kappa shape index (κ1) is 12.1. The SMILES string of the molecule is CC(NC(=O)C1CCC1)c1ccc(CN)cc1. The number of amides is 1. The average Bonchev–Trinajstić information content (AvgIpc) is 2.26. The number of nitrogens with one attached hydrogen (secondary N) is 1. The second kappa shape index (κ2) is 5.32. The maximum Gasteiger partial charge on any atom is 0.223 e. The van der Waals surface area contributed by atoms with E-state index >= 15 is 0 Å². The molecule has 0 heterocycles. The van der Waals surface area contributed by atoms with Gasteiger partial charge >= 0.3 is 0 Å². The molecule has 0 saturated heterocycles. The van der Waals surface area contributed by atoms with E-state index in [4.69, 9.17) is 5.73 Å². The van der Waals surface area contributed by atoms with Gasteiger partial charge in [0.15, 0.2) is 0 Å². The lowest BCUT2D eigenvalue weighted by Gasteiger charge is -2.26. The quantitative estimate of drug-likeness (QED) is 0.835. The first-order valence-electron chi connectivity index (χ1n) is 6.30. The topological polar surface area (TPSA) is 55.1 Å². The van der Waals surface area contributed by atoms with Gasteiger partial charge in [0.1, 0.15) is 0 Å². The lowest BCUT2D eigenvalue weighted by Crippen LogP contribution is -2.35. The van der Waals surface area contributed by atoms with E-state index in [9.17, 15) is 4.79 Å². The van der Waals surface area contributed by atoms with Gasteiger partial charge in [-0.15, -0.1) is 0 Å². The fourth-order valence-electron chi connectivity index (χ4n) is 2.03. The number of nitrogens with two attached hydrogens (primary N) is 1. The van der Waals surface area contributed by atoms with Crippen LogP contribution in [0.2, 0.25) is 0 Å². The number of carbonyl (C=O) groups is 1. The molecule has 1 aromatic carbocycles. The summed E-state index contributed by atoms with van der Waals surface area (Å²) in [6.45, 7) is 2.58. The van der Waals surface area contributed by atoms with E-state index in [0.29, 0.717) is 6.54 Å². The van der Waals surface area contributed by atoms with Crippen LogP contribution in [0.4, 0.5) is 0 Å². The predicted octanol–water partition coefficient (Wildman–Crippen LogP) is 2.12. The summed E-state index contributed by atoms with van der Waals surface area (Å²) >= 11 is 0. The predicted molar refractivity (Wildman–Crippen MR) is 68.2 cm³/mol. The Bertz CT molecular complexity index is 382. The molecule has 2 rings (SSSR count). The molecule has 3 nitrogen and oxygen atoms in total. The molecule has 17 heavy (non-hydrogen) atoms. The molecule has 3 N–H and O–H groups in total. The number of benzene rings is 1. The summed E-state index contributed by atoms with van der Waals surface area (Å²) < 4.78 is 0. The minimum absolute atomic E-state index is 0.0786. The first-order chi connectivity index (χ1) is 8.20. The second-order valence-electron chi connectivity index (χ2n) is 4.80. The zero-order chi connectivity index (χ0) is 12.3. The molecule has 1 unspecified atom stereocenters. The van der Waals surface area contributed by atoms with Gasteiger partial charge in [0.25, 0.3) is 0 Å². The van der Waals surface area contributed by atoms with Gasteiger partial charge in [-0.2, -0.15) is 0 Å². The van der Waals surface area contributed by atoms with Gasteiger partial charge in [-0.3, -0.25) is 4.79 Å². The van der Waals surface area contributed by atoms with Crippen molar-refractivity contribution >= 4 is 5.91 Å². The maximum absolute atomic E-state index is 11.8. The van der Waals surface area contributed by atoms with E-state index in [1.54, 1.807) is 0 Å². The number of rotatable bonds is 4. The van der Waals surface area contributed by atoms with Crippen LogP contribution in [0.3, 0.4) is 0 Å². The van der Waals surface area contributed by atoms with Crippen LogP contribution in [0.25, 0.3) is 0 Å². The molecule has 1 amide bonds. The molecular weight excluding hydrogens is 212 g/mol. The van der Waals surface area contributed by atoms with Crippen LogP contribution in [0.1, 0.15) is 43.4 Å². The molecule has 1 saturated carbocycles. The van der Waals surface area contributed by atoms with Crippen LogP contribution < -0.4 is 11.1 Å². The molecule has 0 aliphatic heterocycles. The smallest absolute Gasteiger partial charge is 0.223 e. The third-order valence-corrected chi connectivity index (χ3v) is 3.55. The highest BCUT2D eigenvalue weighted by Gasteiger charge is 2.26. The average molecular weight is 232 g/mol. The highest BCUT2D eigenvalue weighted by atomic mass is 16.1. The summed E-state index contributed by atoms with van der Waals surface area (Å²) in [4.78, 5) is 11.8. The molecule has 3 heteroatoms. The molecule has 0 aromatic heterocycles. The van der Waals surface area contributed by atoms with Crippen molar-refractivity contribution in [1.82, 2.24) is 5.32 Å². The van der Waals surface area contributed by atoms with E-state index in [0.717, 1.165) is 24.0 Å². The Balaban J connectivity index is 1.93. The molecule has 1 atom stereocenters. The van der Waals surface area contributed by atoms with Crippen molar-refractivity contribution in [2.45, 2.75) is 38.8 Å². The molecule has 0 radical (unpaired) electrons. The van der Waals surface area contributed by atoms with E-state index in [1.165, 1.54) is 6.42 Å². The molecule has 0 spiro atoms. The third-order valence-electron chi connectivity index (χ3n) is 3.55. The van der Waals surface area contributed by atoms with Crippen LogP contribution in [-0.2, 0) is 11.3 Å². The Labute approximate surface area is 102 Å². The van der Waals surface area contributed by atoms with E-state index < -0.39 is 0 Å². The van der Waals surface area contributed by atoms with Crippen molar-refractivity contribution in [2.24, 2.45) is 11.7 Å². The molecule has 1 aliphatic rings. The van der Waals surface area contributed by atoms with Gasteiger partial charge in [0, 0.05) is 12.5 Å². The highest BCUT2D eigenvalue weighted by molar-refractivity contribution is 5.79. The minimum atomic E-state index is 0.0786. The van der Waals surface area contributed by atoms with E-state index in [-0.39, 0.29) is 17.9 Å². The fraction of sp³-hybridized carbons (Fsp3) is 0.500. The van der Waals surface area contributed by atoms with Gasteiger partial charge < -0.3 is 11.1 Å². The fourth-order valence-corrected chi connectivity index (χ4v) is 2.03. The summed E-state index contributed by atoms with van der Waals surface area (Å²) in [6, 6.07) is 8.18. The van der Waals surface area contributed by atoms with Gasteiger partial charge in [-0.1, -0.05) is 30.7 Å².